The van der Waals surface area contributed by atoms with Crippen LogP contribution in [-0.4, -0.2) is 42.1 Å². The fourth-order valence-electron chi connectivity index (χ4n) is 3.64. The maximum absolute atomic E-state index is 13.2. The number of nitrogens with zero attached hydrogens (tertiary/aromatic N) is 2. The van der Waals surface area contributed by atoms with Gasteiger partial charge in [-0.05, 0) is 41.0 Å². The first-order valence-corrected chi connectivity index (χ1v) is 10.7. The van der Waals surface area contributed by atoms with Crippen molar-refractivity contribution in [2.45, 2.75) is 13.0 Å². The largest absolute Gasteiger partial charge is 0.385 e. The molecule has 2 heterocycles. The molecule has 1 aromatic heterocycles. The van der Waals surface area contributed by atoms with Gasteiger partial charge in [-0.1, -0.05) is 30.3 Å². The number of anilines is 1. The zero-order valence-electron chi connectivity index (χ0n) is 18.3. The van der Waals surface area contributed by atoms with Crippen LogP contribution in [0.4, 0.5) is 5.69 Å². The minimum atomic E-state index is -0.345. The van der Waals surface area contributed by atoms with Crippen LogP contribution in [0.1, 0.15) is 32.8 Å². The molecule has 2 amide bonds. The number of hydrogen-bond donors (Lipinski definition) is 4. The summed E-state index contributed by atoms with van der Waals surface area (Å²) in [6, 6.07) is 14.9. The zero-order chi connectivity index (χ0) is 23.0. The van der Waals surface area contributed by atoms with Gasteiger partial charge in [0.1, 0.15) is 0 Å². The molecule has 1 aliphatic rings. The predicted molar refractivity (Wildman–Crippen MR) is 126 cm³/mol. The topological polar surface area (TPSA) is 108 Å². The van der Waals surface area contributed by atoms with E-state index < -0.39 is 0 Å². The Morgan fingerprint density at radius 1 is 1.06 bits per heavy atom. The van der Waals surface area contributed by atoms with E-state index in [1.807, 2.05) is 47.7 Å². The summed E-state index contributed by atoms with van der Waals surface area (Å²) in [6.45, 7) is 1.64. The molecule has 4 rings (SSSR count). The van der Waals surface area contributed by atoms with Crippen LogP contribution in [-0.2, 0) is 11.3 Å². The van der Waals surface area contributed by atoms with Crippen molar-refractivity contribution >= 4 is 28.3 Å². The number of rotatable bonds is 9. The SMILES string of the molecule is COCCCNC(=O)c1ncccc1NC(=O)c1ccc(CN2C=CNN2)c2ccccc12. The molecule has 0 fully saturated rings. The number of hydrazine groups is 2. The molecule has 0 aliphatic carbocycles. The number of aromatic nitrogens is 1. The lowest BCUT2D eigenvalue weighted by molar-refractivity contribution is 0.0944. The molecule has 0 unspecified atom stereocenters. The molecule has 0 spiro atoms. The van der Waals surface area contributed by atoms with Gasteiger partial charge in [0.05, 0.1) is 12.2 Å². The maximum atomic E-state index is 13.2. The first-order chi connectivity index (χ1) is 16.2. The Hall–Kier alpha value is -3.95. The molecule has 3 aromatic rings. The monoisotopic (exact) mass is 446 g/mol. The Bertz CT molecular complexity index is 1180. The van der Waals surface area contributed by atoms with Crippen LogP contribution < -0.4 is 21.6 Å². The summed E-state index contributed by atoms with van der Waals surface area (Å²) in [4.78, 5) is 30.0. The van der Waals surface area contributed by atoms with Gasteiger partial charge in [-0.15, -0.1) is 5.53 Å². The van der Waals surface area contributed by atoms with Crippen molar-refractivity contribution in [1.82, 2.24) is 26.3 Å². The molecule has 170 valence electrons. The highest BCUT2D eigenvalue weighted by Crippen LogP contribution is 2.25. The molecule has 2 aromatic carbocycles. The van der Waals surface area contributed by atoms with E-state index in [0.717, 1.165) is 16.3 Å². The predicted octanol–water partition coefficient (Wildman–Crippen LogP) is 2.55. The van der Waals surface area contributed by atoms with Gasteiger partial charge in [-0.3, -0.25) is 14.6 Å². The molecule has 0 bridgehead atoms. The van der Waals surface area contributed by atoms with Crippen molar-refractivity contribution in [3.8, 4) is 0 Å². The fourth-order valence-corrected chi connectivity index (χ4v) is 3.64. The van der Waals surface area contributed by atoms with Crippen LogP contribution in [0.15, 0.2) is 67.1 Å². The number of nitrogens with one attached hydrogen (secondary N) is 4. The molecule has 0 radical (unpaired) electrons. The lowest BCUT2D eigenvalue weighted by Crippen LogP contribution is -2.34. The molecule has 1 aliphatic heterocycles. The number of benzene rings is 2. The molecular weight excluding hydrogens is 420 g/mol. The molecule has 0 atom stereocenters. The Morgan fingerprint density at radius 2 is 1.91 bits per heavy atom. The van der Waals surface area contributed by atoms with Crippen molar-refractivity contribution < 1.29 is 14.3 Å². The van der Waals surface area contributed by atoms with Crippen LogP contribution in [0, 0.1) is 0 Å². The molecule has 33 heavy (non-hydrogen) atoms. The Morgan fingerprint density at radius 3 is 2.70 bits per heavy atom. The molecule has 9 nitrogen and oxygen atoms in total. The van der Waals surface area contributed by atoms with E-state index in [2.05, 4.69) is 26.6 Å². The van der Waals surface area contributed by atoms with Gasteiger partial charge in [-0.2, -0.15) is 0 Å². The zero-order valence-corrected chi connectivity index (χ0v) is 18.3. The number of fused-ring (bicyclic) bond motifs is 1. The number of hydrogen-bond acceptors (Lipinski definition) is 7. The summed E-state index contributed by atoms with van der Waals surface area (Å²) in [5.74, 6) is -0.651. The van der Waals surface area contributed by atoms with Gasteiger partial charge in [0.25, 0.3) is 11.8 Å². The van der Waals surface area contributed by atoms with E-state index in [1.54, 1.807) is 25.3 Å². The first-order valence-electron chi connectivity index (χ1n) is 10.7. The van der Waals surface area contributed by atoms with E-state index in [-0.39, 0.29) is 17.5 Å². The molecule has 0 saturated carbocycles. The summed E-state index contributed by atoms with van der Waals surface area (Å²) < 4.78 is 5.00. The van der Waals surface area contributed by atoms with Crippen LogP contribution in [0.2, 0.25) is 0 Å². The van der Waals surface area contributed by atoms with E-state index >= 15 is 0 Å². The second kappa shape index (κ2) is 10.6. The molecule has 9 heteroatoms. The maximum Gasteiger partial charge on any atom is 0.272 e. The van der Waals surface area contributed by atoms with Crippen LogP contribution in [0.25, 0.3) is 10.8 Å². The molecule has 4 N–H and O–H groups in total. The number of amides is 2. The normalized spacial score (nSPS) is 12.6. The van der Waals surface area contributed by atoms with E-state index in [9.17, 15) is 9.59 Å². The van der Waals surface area contributed by atoms with Crippen LogP contribution >= 0.6 is 0 Å². The second-order valence-electron chi connectivity index (χ2n) is 7.47. The standard InChI is InChI=1S/C24H26N6O3/c1-33-15-5-12-26-24(32)22-21(8-4-11-25-22)28-23(31)20-10-9-17(16-30-14-13-27-29-30)18-6-2-3-7-19(18)20/h2-4,6-11,13-14,27,29H,5,12,15-16H2,1H3,(H,26,32)(H,28,31). The third kappa shape index (κ3) is 5.28. The molecule has 0 saturated heterocycles. The smallest absolute Gasteiger partial charge is 0.272 e. The average Bonchev–Trinajstić information content (AvgIpc) is 3.35. The van der Waals surface area contributed by atoms with E-state index in [0.29, 0.717) is 37.4 Å². The number of ether oxygens (including phenoxy) is 1. The number of pyridine rings is 1. The Labute approximate surface area is 191 Å². The van der Waals surface area contributed by atoms with Gasteiger partial charge in [0.2, 0.25) is 0 Å². The quantitative estimate of drug-likeness (QED) is 0.374. The fraction of sp³-hybridized carbons (Fsp3) is 0.208. The van der Waals surface area contributed by atoms with Crippen molar-refractivity contribution in [3.63, 3.8) is 0 Å². The van der Waals surface area contributed by atoms with E-state index in [4.69, 9.17) is 4.74 Å². The Balaban J connectivity index is 1.55. The van der Waals surface area contributed by atoms with E-state index in [1.165, 1.54) is 6.20 Å². The third-order valence-corrected chi connectivity index (χ3v) is 5.23. The summed E-state index contributed by atoms with van der Waals surface area (Å²) in [7, 11) is 1.61. The van der Waals surface area contributed by atoms with Crippen LogP contribution in [0.5, 0.6) is 0 Å². The number of carbonyl (C=O) groups excluding carboxylic acids is 2. The first kappa shape index (κ1) is 22.3. The number of carbonyl (C=O) groups is 2. The second-order valence-corrected chi connectivity index (χ2v) is 7.47. The minimum absolute atomic E-state index is 0.170. The van der Waals surface area contributed by atoms with Crippen molar-refractivity contribution in [2.24, 2.45) is 0 Å². The van der Waals surface area contributed by atoms with Crippen molar-refractivity contribution in [3.05, 3.63) is 83.9 Å². The lowest BCUT2D eigenvalue weighted by atomic mass is 9.98. The minimum Gasteiger partial charge on any atom is -0.385 e. The van der Waals surface area contributed by atoms with Gasteiger partial charge in [0.15, 0.2) is 5.69 Å². The van der Waals surface area contributed by atoms with Crippen LogP contribution in [0.3, 0.4) is 0 Å². The molecular formula is C24H26N6O3. The summed E-state index contributed by atoms with van der Waals surface area (Å²) in [6.07, 6.45) is 5.93. The summed E-state index contributed by atoms with van der Waals surface area (Å²) >= 11 is 0. The highest BCUT2D eigenvalue weighted by Gasteiger charge is 2.18. The van der Waals surface area contributed by atoms with Crippen molar-refractivity contribution in [1.29, 1.82) is 0 Å². The average molecular weight is 447 g/mol. The summed E-state index contributed by atoms with van der Waals surface area (Å²) in [5.41, 5.74) is 8.06. The Kier molecular flexibility index (Phi) is 7.13. The number of methoxy groups -OCH3 is 1. The van der Waals surface area contributed by atoms with Crippen molar-refractivity contribution in [2.75, 3.05) is 25.6 Å². The summed E-state index contributed by atoms with van der Waals surface area (Å²) in [5, 5.41) is 9.39. The van der Waals surface area contributed by atoms with Gasteiger partial charge >= 0.3 is 0 Å². The van der Waals surface area contributed by atoms with Gasteiger partial charge in [-0.25, -0.2) is 4.98 Å². The lowest BCUT2D eigenvalue weighted by Gasteiger charge is -2.18. The highest BCUT2D eigenvalue weighted by atomic mass is 16.5. The third-order valence-electron chi connectivity index (χ3n) is 5.23. The van der Waals surface area contributed by atoms with Gasteiger partial charge < -0.3 is 20.8 Å². The highest BCUT2D eigenvalue weighted by molar-refractivity contribution is 6.15. The van der Waals surface area contributed by atoms with Gasteiger partial charge in [0, 0.05) is 44.4 Å².